The van der Waals surface area contributed by atoms with Gasteiger partial charge in [-0.05, 0) is 12.5 Å². The minimum atomic E-state index is -3.18. The van der Waals surface area contributed by atoms with Crippen molar-refractivity contribution in [2.75, 3.05) is 19.5 Å². The molecular weight excluding hydrogens is 238 g/mol. The largest absolute Gasteiger partial charge is 0.383 e. The number of nitrogens with two attached hydrogens (primary N) is 1. The van der Waals surface area contributed by atoms with Gasteiger partial charge < -0.3 is 10.5 Å². The molecule has 1 unspecified atom stereocenters. The molecule has 0 aliphatic heterocycles. The van der Waals surface area contributed by atoms with E-state index in [0.29, 0.717) is 0 Å². The van der Waals surface area contributed by atoms with Gasteiger partial charge in [0.25, 0.3) is 0 Å². The first-order chi connectivity index (χ1) is 7.93. The van der Waals surface area contributed by atoms with Crippen LogP contribution in [0.1, 0.15) is 11.1 Å². The second-order valence-electron chi connectivity index (χ2n) is 4.26. The van der Waals surface area contributed by atoms with Gasteiger partial charge in [0.15, 0.2) is 9.84 Å². The van der Waals surface area contributed by atoms with E-state index in [1.54, 1.807) is 0 Å². The van der Waals surface area contributed by atoms with E-state index >= 15 is 0 Å². The number of hydrogen-bond donors (Lipinski definition) is 1. The molecule has 96 valence electrons. The summed E-state index contributed by atoms with van der Waals surface area (Å²) in [5.74, 6) is -0.0130. The number of hydrogen-bond acceptors (Lipinski definition) is 4. The molecule has 0 radical (unpaired) electrons. The molecule has 0 saturated heterocycles. The average Bonchev–Trinajstić information content (AvgIpc) is 2.15. The predicted molar refractivity (Wildman–Crippen MR) is 68.5 cm³/mol. The van der Waals surface area contributed by atoms with Gasteiger partial charge in [-0.1, -0.05) is 29.8 Å². The van der Waals surface area contributed by atoms with Crippen molar-refractivity contribution in [2.45, 2.75) is 18.7 Å². The van der Waals surface area contributed by atoms with Gasteiger partial charge in [-0.2, -0.15) is 0 Å². The summed E-state index contributed by atoms with van der Waals surface area (Å²) >= 11 is 0. The minimum Gasteiger partial charge on any atom is -0.383 e. The first-order valence-corrected chi connectivity index (χ1v) is 7.25. The summed E-state index contributed by atoms with van der Waals surface area (Å²) in [5, 5.41) is 0. The van der Waals surface area contributed by atoms with Crippen molar-refractivity contribution in [1.82, 2.24) is 0 Å². The van der Waals surface area contributed by atoms with Gasteiger partial charge in [-0.3, -0.25) is 0 Å². The van der Waals surface area contributed by atoms with Crippen LogP contribution in [0.2, 0.25) is 0 Å². The molecule has 1 aromatic carbocycles. The molecule has 0 fully saturated rings. The van der Waals surface area contributed by atoms with Gasteiger partial charge in [0.1, 0.15) is 0 Å². The number of rotatable bonds is 6. The van der Waals surface area contributed by atoms with Gasteiger partial charge in [0.05, 0.1) is 18.1 Å². The molecule has 0 bridgehead atoms. The third-order valence-electron chi connectivity index (χ3n) is 2.32. The fraction of sp³-hybridized carbons (Fsp3) is 0.500. The SMILES string of the molecule is COCC(N)CS(=O)(=O)Cc1cccc(C)c1. The Morgan fingerprint density at radius 3 is 2.71 bits per heavy atom. The summed E-state index contributed by atoms with van der Waals surface area (Å²) in [5.41, 5.74) is 7.50. The van der Waals surface area contributed by atoms with Crippen LogP contribution < -0.4 is 5.73 Å². The molecule has 5 heteroatoms. The van der Waals surface area contributed by atoms with Crippen LogP contribution in [0.3, 0.4) is 0 Å². The van der Waals surface area contributed by atoms with Crippen molar-refractivity contribution in [2.24, 2.45) is 5.73 Å². The summed E-state index contributed by atoms with van der Waals surface area (Å²) in [6.45, 7) is 2.19. The van der Waals surface area contributed by atoms with E-state index < -0.39 is 15.9 Å². The van der Waals surface area contributed by atoms with Crippen LogP contribution in [0.4, 0.5) is 0 Å². The summed E-state index contributed by atoms with van der Waals surface area (Å²) in [6, 6.07) is 7.02. The third kappa shape index (κ3) is 5.30. The van der Waals surface area contributed by atoms with E-state index in [4.69, 9.17) is 10.5 Å². The standard InChI is InChI=1S/C12H19NO3S/c1-10-4-3-5-11(6-10)8-17(14,15)9-12(13)7-16-2/h3-6,12H,7-9,13H2,1-2H3. The van der Waals surface area contributed by atoms with Crippen LogP contribution in [0.15, 0.2) is 24.3 Å². The second-order valence-corrected chi connectivity index (χ2v) is 6.37. The lowest BCUT2D eigenvalue weighted by molar-refractivity contribution is 0.186. The monoisotopic (exact) mass is 257 g/mol. The quantitative estimate of drug-likeness (QED) is 0.821. The number of ether oxygens (including phenoxy) is 1. The van der Waals surface area contributed by atoms with Crippen LogP contribution in [0.25, 0.3) is 0 Å². The molecule has 0 aliphatic rings. The lowest BCUT2D eigenvalue weighted by Gasteiger charge is -2.11. The van der Waals surface area contributed by atoms with Gasteiger partial charge in [-0.25, -0.2) is 8.42 Å². The topological polar surface area (TPSA) is 69.4 Å². The minimum absolute atomic E-state index is 0.0338. The third-order valence-corrected chi connectivity index (χ3v) is 4.03. The van der Waals surface area contributed by atoms with Gasteiger partial charge in [0.2, 0.25) is 0 Å². The van der Waals surface area contributed by atoms with Gasteiger partial charge in [0, 0.05) is 13.2 Å². The van der Waals surface area contributed by atoms with Crippen molar-refractivity contribution in [3.63, 3.8) is 0 Å². The van der Waals surface area contributed by atoms with Crippen LogP contribution in [-0.4, -0.2) is 33.9 Å². The predicted octanol–water partition coefficient (Wildman–Crippen LogP) is 0.884. The smallest absolute Gasteiger partial charge is 0.156 e. The highest BCUT2D eigenvalue weighted by Gasteiger charge is 2.16. The van der Waals surface area contributed by atoms with E-state index in [0.717, 1.165) is 11.1 Å². The molecule has 1 rings (SSSR count). The van der Waals surface area contributed by atoms with Crippen LogP contribution in [0.5, 0.6) is 0 Å². The average molecular weight is 257 g/mol. The van der Waals surface area contributed by atoms with E-state index in [1.165, 1.54) is 7.11 Å². The second kappa shape index (κ2) is 6.14. The maximum Gasteiger partial charge on any atom is 0.156 e. The summed E-state index contributed by atoms with van der Waals surface area (Å²) in [7, 11) is -1.67. The highest BCUT2D eigenvalue weighted by molar-refractivity contribution is 7.90. The molecule has 1 atom stereocenters. The fourth-order valence-electron chi connectivity index (χ4n) is 1.70. The summed E-state index contributed by atoms with van der Waals surface area (Å²) in [6.07, 6.45) is 0. The van der Waals surface area contributed by atoms with Gasteiger partial charge in [-0.15, -0.1) is 0 Å². The van der Waals surface area contributed by atoms with Crippen molar-refractivity contribution in [3.8, 4) is 0 Å². The Balaban J connectivity index is 2.67. The molecule has 17 heavy (non-hydrogen) atoms. The molecule has 1 aromatic rings. The van der Waals surface area contributed by atoms with Crippen LogP contribution >= 0.6 is 0 Å². The maximum atomic E-state index is 11.9. The van der Waals surface area contributed by atoms with Crippen molar-refractivity contribution >= 4 is 9.84 Å². The summed E-state index contributed by atoms with van der Waals surface area (Å²) < 4.78 is 28.6. The molecule has 0 aromatic heterocycles. The lowest BCUT2D eigenvalue weighted by atomic mass is 10.2. The van der Waals surface area contributed by atoms with Gasteiger partial charge >= 0.3 is 0 Å². The molecule has 0 heterocycles. The zero-order chi connectivity index (χ0) is 12.9. The number of aryl methyl sites for hydroxylation is 1. The molecule has 0 spiro atoms. The molecule has 0 saturated carbocycles. The Hall–Kier alpha value is -0.910. The van der Waals surface area contributed by atoms with Crippen molar-refractivity contribution in [3.05, 3.63) is 35.4 Å². The molecule has 0 amide bonds. The Labute approximate surface area is 103 Å². The van der Waals surface area contributed by atoms with E-state index in [-0.39, 0.29) is 18.1 Å². The maximum absolute atomic E-state index is 11.9. The fourth-order valence-corrected chi connectivity index (χ4v) is 3.26. The lowest BCUT2D eigenvalue weighted by Crippen LogP contribution is -2.34. The number of benzene rings is 1. The number of methoxy groups -OCH3 is 1. The van der Waals surface area contributed by atoms with Crippen LogP contribution in [-0.2, 0) is 20.3 Å². The molecule has 0 aliphatic carbocycles. The zero-order valence-electron chi connectivity index (χ0n) is 10.2. The molecule has 4 nitrogen and oxygen atoms in total. The Kier molecular flexibility index (Phi) is 5.11. The van der Waals surface area contributed by atoms with Crippen LogP contribution in [0, 0.1) is 6.92 Å². The normalized spacial score (nSPS) is 13.6. The Bertz CT molecular complexity index is 457. The van der Waals surface area contributed by atoms with Crippen molar-refractivity contribution in [1.29, 1.82) is 0 Å². The van der Waals surface area contributed by atoms with E-state index in [1.807, 2.05) is 31.2 Å². The highest BCUT2D eigenvalue weighted by atomic mass is 32.2. The zero-order valence-corrected chi connectivity index (χ0v) is 11.0. The Morgan fingerprint density at radius 2 is 2.12 bits per heavy atom. The molecule has 2 N–H and O–H groups in total. The first-order valence-electron chi connectivity index (χ1n) is 5.43. The van der Waals surface area contributed by atoms with Crippen molar-refractivity contribution < 1.29 is 13.2 Å². The summed E-state index contributed by atoms with van der Waals surface area (Å²) in [4.78, 5) is 0. The molecular formula is C12H19NO3S. The number of sulfone groups is 1. The Morgan fingerprint density at radius 1 is 1.41 bits per heavy atom. The first kappa shape index (κ1) is 14.2. The van der Waals surface area contributed by atoms with E-state index in [9.17, 15) is 8.42 Å². The highest BCUT2D eigenvalue weighted by Crippen LogP contribution is 2.09. The van der Waals surface area contributed by atoms with E-state index in [2.05, 4.69) is 0 Å².